The first kappa shape index (κ1) is 13.1. The molecule has 2 nitrogen and oxygen atoms in total. The van der Waals surface area contributed by atoms with Crippen LogP contribution in [-0.2, 0) is 6.61 Å². The van der Waals surface area contributed by atoms with E-state index in [1.807, 2.05) is 30.3 Å². The summed E-state index contributed by atoms with van der Waals surface area (Å²) < 4.78 is 10.7. The van der Waals surface area contributed by atoms with Gasteiger partial charge in [-0.05, 0) is 36.4 Å². The Kier molecular flexibility index (Phi) is 4.34. The third kappa shape index (κ3) is 3.31. The summed E-state index contributed by atoms with van der Waals surface area (Å²) in [6.07, 6.45) is 0. The summed E-state index contributed by atoms with van der Waals surface area (Å²) in [5.41, 5.74) is 0.900. The van der Waals surface area contributed by atoms with Crippen LogP contribution in [-0.4, -0.2) is 7.11 Å². The van der Waals surface area contributed by atoms with E-state index in [0.29, 0.717) is 16.7 Å². The van der Waals surface area contributed by atoms with E-state index in [9.17, 15) is 0 Å². The van der Waals surface area contributed by atoms with Gasteiger partial charge in [0, 0.05) is 15.6 Å². The molecule has 0 saturated heterocycles. The molecule has 18 heavy (non-hydrogen) atoms. The molecule has 0 aliphatic heterocycles. The SMILES string of the molecule is COc1ccc(OCc2ccc(Cl)cc2Cl)cc1. The lowest BCUT2D eigenvalue weighted by atomic mass is 10.2. The average Bonchev–Trinajstić information content (AvgIpc) is 2.38. The van der Waals surface area contributed by atoms with Gasteiger partial charge >= 0.3 is 0 Å². The standard InChI is InChI=1S/C14H12Cl2O2/c1-17-12-4-6-13(7-5-12)18-9-10-2-3-11(15)8-14(10)16/h2-8H,9H2,1H3. The molecule has 2 aromatic carbocycles. The van der Waals surface area contributed by atoms with Crippen LogP contribution in [0, 0.1) is 0 Å². The van der Waals surface area contributed by atoms with Gasteiger partial charge in [-0.15, -0.1) is 0 Å². The molecule has 0 atom stereocenters. The number of ether oxygens (including phenoxy) is 2. The van der Waals surface area contributed by atoms with Gasteiger partial charge in [-0.1, -0.05) is 29.3 Å². The number of methoxy groups -OCH3 is 1. The fourth-order valence-electron chi connectivity index (χ4n) is 1.47. The van der Waals surface area contributed by atoms with Gasteiger partial charge < -0.3 is 9.47 Å². The van der Waals surface area contributed by atoms with Gasteiger partial charge in [-0.2, -0.15) is 0 Å². The van der Waals surface area contributed by atoms with Crippen molar-refractivity contribution in [2.75, 3.05) is 7.11 Å². The Labute approximate surface area is 116 Å². The molecule has 0 amide bonds. The maximum Gasteiger partial charge on any atom is 0.120 e. The molecule has 4 heteroatoms. The summed E-state index contributed by atoms with van der Waals surface area (Å²) in [4.78, 5) is 0. The van der Waals surface area contributed by atoms with Gasteiger partial charge in [-0.3, -0.25) is 0 Å². The molecule has 2 rings (SSSR count). The monoisotopic (exact) mass is 282 g/mol. The van der Waals surface area contributed by atoms with Crippen molar-refractivity contribution >= 4 is 23.2 Å². The highest BCUT2D eigenvalue weighted by Crippen LogP contribution is 2.23. The molecule has 0 N–H and O–H groups in total. The topological polar surface area (TPSA) is 18.5 Å². The zero-order chi connectivity index (χ0) is 13.0. The van der Waals surface area contributed by atoms with Crippen LogP contribution in [0.25, 0.3) is 0 Å². The maximum atomic E-state index is 6.06. The first-order chi connectivity index (χ1) is 8.69. The molecule has 0 radical (unpaired) electrons. The number of hydrogen-bond acceptors (Lipinski definition) is 2. The Morgan fingerprint density at radius 1 is 0.944 bits per heavy atom. The highest BCUT2D eigenvalue weighted by atomic mass is 35.5. The summed E-state index contributed by atoms with van der Waals surface area (Å²) in [6, 6.07) is 12.7. The predicted octanol–water partition coefficient (Wildman–Crippen LogP) is 4.58. The van der Waals surface area contributed by atoms with Crippen LogP contribution in [0.4, 0.5) is 0 Å². The normalized spacial score (nSPS) is 10.2. The quantitative estimate of drug-likeness (QED) is 0.817. The van der Waals surface area contributed by atoms with Crippen LogP contribution in [0.3, 0.4) is 0 Å². The molecule has 0 fully saturated rings. The van der Waals surface area contributed by atoms with Crippen LogP contribution >= 0.6 is 23.2 Å². The van der Waals surface area contributed by atoms with E-state index in [0.717, 1.165) is 17.1 Å². The van der Waals surface area contributed by atoms with E-state index in [4.69, 9.17) is 32.7 Å². The van der Waals surface area contributed by atoms with Crippen molar-refractivity contribution < 1.29 is 9.47 Å². The second kappa shape index (κ2) is 5.98. The van der Waals surface area contributed by atoms with Crippen LogP contribution in [0.5, 0.6) is 11.5 Å². The Morgan fingerprint density at radius 3 is 2.22 bits per heavy atom. The minimum Gasteiger partial charge on any atom is -0.497 e. The second-order valence-electron chi connectivity index (χ2n) is 3.70. The van der Waals surface area contributed by atoms with Crippen molar-refractivity contribution in [3.8, 4) is 11.5 Å². The Balaban J connectivity index is 2.02. The van der Waals surface area contributed by atoms with Crippen LogP contribution in [0.2, 0.25) is 10.0 Å². The molecular formula is C14H12Cl2O2. The Morgan fingerprint density at radius 2 is 1.61 bits per heavy atom. The maximum absolute atomic E-state index is 6.06. The van der Waals surface area contributed by atoms with Gasteiger partial charge in [0.1, 0.15) is 18.1 Å². The van der Waals surface area contributed by atoms with E-state index < -0.39 is 0 Å². The molecule has 0 saturated carbocycles. The number of halogens is 2. The molecule has 0 aliphatic carbocycles. The van der Waals surface area contributed by atoms with E-state index in [-0.39, 0.29) is 0 Å². The summed E-state index contributed by atoms with van der Waals surface area (Å²) >= 11 is 11.9. The first-order valence-corrected chi connectivity index (χ1v) is 6.15. The minimum absolute atomic E-state index is 0.405. The van der Waals surface area contributed by atoms with Gasteiger partial charge in [0.2, 0.25) is 0 Å². The molecule has 2 aromatic rings. The van der Waals surface area contributed by atoms with Crippen LogP contribution < -0.4 is 9.47 Å². The van der Waals surface area contributed by atoms with Gasteiger partial charge in [0.05, 0.1) is 7.11 Å². The second-order valence-corrected chi connectivity index (χ2v) is 4.54. The van der Waals surface area contributed by atoms with E-state index in [1.165, 1.54) is 0 Å². The van der Waals surface area contributed by atoms with Crippen LogP contribution in [0.1, 0.15) is 5.56 Å². The molecule has 0 bridgehead atoms. The summed E-state index contributed by atoms with van der Waals surface area (Å²) in [5.74, 6) is 1.56. The molecule has 0 heterocycles. The van der Waals surface area contributed by atoms with Crippen molar-refractivity contribution in [3.63, 3.8) is 0 Å². The van der Waals surface area contributed by atoms with E-state index in [1.54, 1.807) is 19.2 Å². The predicted molar refractivity (Wildman–Crippen MR) is 73.8 cm³/mol. The molecule has 0 aliphatic rings. The summed E-state index contributed by atoms with van der Waals surface area (Å²) in [5, 5.41) is 1.23. The molecular weight excluding hydrogens is 271 g/mol. The highest BCUT2D eigenvalue weighted by molar-refractivity contribution is 6.35. The van der Waals surface area contributed by atoms with Gasteiger partial charge in [-0.25, -0.2) is 0 Å². The van der Waals surface area contributed by atoms with E-state index in [2.05, 4.69) is 0 Å². The number of benzene rings is 2. The lowest BCUT2D eigenvalue weighted by Crippen LogP contribution is -1.96. The third-order valence-corrected chi connectivity index (χ3v) is 3.06. The third-order valence-electron chi connectivity index (χ3n) is 2.47. The highest BCUT2D eigenvalue weighted by Gasteiger charge is 2.02. The average molecular weight is 283 g/mol. The van der Waals surface area contributed by atoms with Crippen molar-refractivity contribution in [2.45, 2.75) is 6.61 Å². The fraction of sp³-hybridized carbons (Fsp3) is 0.143. The Bertz CT molecular complexity index is 524. The zero-order valence-electron chi connectivity index (χ0n) is 9.82. The lowest BCUT2D eigenvalue weighted by Gasteiger charge is -2.08. The zero-order valence-corrected chi connectivity index (χ0v) is 11.3. The number of hydrogen-bond donors (Lipinski definition) is 0. The van der Waals surface area contributed by atoms with Crippen molar-refractivity contribution in [1.29, 1.82) is 0 Å². The van der Waals surface area contributed by atoms with Gasteiger partial charge in [0.25, 0.3) is 0 Å². The molecule has 0 unspecified atom stereocenters. The smallest absolute Gasteiger partial charge is 0.120 e. The lowest BCUT2D eigenvalue weighted by molar-refractivity contribution is 0.305. The van der Waals surface area contributed by atoms with Crippen molar-refractivity contribution in [2.24, 2.45) is 0 Å². The summed E-state index contributed by atoms with van der Waals surface area (Å²) in [7, 11) is 1.63. The minimum atomic E-state index is 0.405. The van der Waals surface area contributed by atoms with Crippen molar-refractivity contribution in [1.82, 2.24) is 0 Å². The fourth-order valence-corrected chi connectivity index (χ4v) is 1.93. The first-order valence-electron chi connectivity index (χ1n) is 5.40. The van der Waals surface area contributed by atoms with Gasteiger partial charge in [0.15, 0.2) is 0 Å². The molecule has 0 aromatic heterocycles. The molecule has 0 spiro atoms. The number of rotatable bonds is 4. The van der Waals surface area contributed by atoms with Crippen molar-refractivity contribution in [3.05, 3.63) is 58.1 Å². The van der Waals surface area contributed by atoms with Crippen LogP contribution in [0.15, 0.2) is 42.5 Å². The summed E-state index contributed by atoms with van der Waals surface area (Å²) in [6.45, 7) is 0.405. The Hall–Kier alpha value is -1.38. The molecule has 94 valence electrons. The largest absolute Gasteiger partial charge is 0.497 e. The van der Waals surface area contributed by atoms with E-state index >= 15 is 0 Å².